The van der Waals surface area contributed by atoms with Crippen molar-refractivity contribution in [3.8, 4) is 5.75 Å². The van der Waals surface area contributed by atoms with Gasteiger partial charge in [-0.1, -0.05) is 24.3 Å². The quantitative estimate of drug-likeness (QED) is 0.755. The highest BCUT2D eigenvalue weighted by atomic mass is 32.1. The van der Waals surface area contributed by atoms with Gasteiger partial charge in [-0.05, 0) is 30.9 Å². The van der Waals surface area contributed by atoms with Crippen molar-refractivity contribution >= 4 is 11.3 Å². The van der Waals surface area contributed by atoms with Crippen LogP contribution in [0.15, 0.2) is 42.3 Å². The van der Waals surface area contributed by atoms with E-state index in [1.54, 1.807) is 11.3 Å². The van der Waals surface area contributed by atoms with Crippen LogP contribution in [0.4, 0.5) is 0 Å². The van der Waals surface area contributed by atoms with Gasteiger partial charge in [-0.2, -0.15) is 0 Å². The van der Waals surface area contributed by atoms with Crippen molar-refractivity contribution in [1.29, 1.82) is 0 Å². The number of ether oxygens (including phenoxy) is 1. The predicted octanol–water partition coefficient (Wildman–Crippen LogP) is 3.70. The Morgan fingerprint density at radius 3 is 3.05 bits per heavy atom. The fourth-order valence-electron chi connectivity index (χ4n) is 2.14. The van der Waals surface area contributed by atoms with Crippen molar-refractivity contribution in [3.63, 3.8) is 0 Å². The molecule has 0 atom stereocenters. The molecule has 0 amide bonds. The summed E-state index contributed by atoms with van der Waals surface area (Å²) in [5.41, 5.74) is 2.17. The van der Waals surface area contributed by atoms with Crippen molar-refractivity contribution in [2.75, 3.05) is 0 Å². The van der Waals surface area contributed by atoms with E-state index in [9.17, 15) is 0 Å². The summed E-state index contributed by atoms with van der Waals surface area (Å²) >= 11 is 1.70. The van der Waals surface area contributed by atoms with Crippen LogP contribution in [0.3, 0.4) is 0 Å². The second-order valence-electron chi connectivity index (χ2n) is 5.28. The molecule has 1 saturated carbocycles. The van der Waals surface area contributed by atoms with Crippen LogP contribution < -0.4 is 10.1 Å². The van der Waals surface area contributed by atoms with Gasteiger partial charge in [0.25, 0.3) is 0 Å². The molecule has 0 aliphatic heterocycles. The molecular formula is C17H20N2OS. The molecule has 1 aliphatic rings. The summed E-state index contributed by atoms with van der Waals surface area (Å²) in [6.45, 7) is 5.18. The summed E-state index contributed by atoms with van der Waals surface area (Å²) in [6, 6.07) is 8.81. The van der Waals surface area contributed by atoms with Crippen LogP contribution >= 0.6 is 11.3 Å². The topological polar surface area (TPSA) is 34.1 Å². The molecule has 3 rings (SSSR count). The zero-order valence-corrected chi connectivity index (χ0v) is 12.9. The Hall–Kier alpha value is -1.65. The highest BCUT2D eigenvalue weighted by molar-refractivity contribution is 7.09. The minimum Gasteiger partial charge on any atom is -0.487 e. The summed E-state index contributed by atoms with van der Waals surface area (Å²) in [7, 11) is 0. The van der Waals surface area contributed by atoms with Crippen LogP contribution in [0.25, 0.3) is 0 Å². The molecule has 0 radical (unpaired) electrons. The molecule has 1 N–H and O–H groups in total. The van der Waals surface area contributed by atoms with Crippen LogP contribution in [0.1, 0.15) is 29.1 Å². The van der Waals surface area contributed by atoms with Gasteiger partial charge in [0.1, 0.15) is 17.4 Å². The first-order chi connectivity index (χ1) is 10.3. The second kappa shape index (κ2) is 6.87. The molecule has 0 saturated heterocycles. The smallest absolute Gasteiger partial charge is 0.131 e. The van der Waals surface area contributed by atoms with Crippen molar-refractivity contribution < 1.29 is 4.74 Å². The van der Waals surface area contributed by atoms with Gasteiger partial charge in [0.2, 0.25) is 0 Å². The third-order valence-corrected chi connectivity index (χ3v) is 4.33. The highest BCUT2D eigenvalue weighted by Gasteiger charge is 2.20. The zero-order valence-electron chi connectivity index (χ0n) is 12.0. The first kappa shape index (κ1) is 14.3. The van der Waals surface area contributed by atoms with Gasteiger partial charge in [-0.3, -0.25) is 0 Å². The van der Waals surface area contributed by atoms with Gasteiger partial charge in [0, 0.05) is 18.0 Å². The van der Waals surface area contributed by atoms with E-state index in [1.165, 1.54) is 18.4 Å². The molecule has 1 aromatic carbocycles. The molecule has 2 aromatic rings. The summed E-state index contributed by atoms with van der Waals surface area (Å²) in [5, 5.41) is 6.70. The Labute approximate surface area is 129 Å². The van der Waals surface area contributed by atoms with E-state index in [-0.39, 0.29) is 0 Å². The van der Waals surface area contributed by atoms with Crippen LogP contribution in [-0.4, -0.2) is 11.0 Å². The van der Waals surface area contributed by atoms with Crippen LogP contribution in [0.5, 0.6) is 5.75 Å². The lowest BCUT2D eigenvalue weighted by molar-refractivity contribution is 0.299. The van der Waals surface area contributed by atoms with E-state index >= 15 is 0 Å². The average Bonchev–Trinajstić information content (AvgIpc) is 3.23. The molecule has 1 aliphatic carbocycles. The van der Waals surface area contributed by atoms with E-state index in [0.717, 1.165) is 35.5 Å². The minimum absolute atomic E-state index is 0.522. The number of para-hydroxylation sites is 1. The predicted molar refractivity (Wildman–Crippen MR) is 86.7 cm³/mol. The lowest BCUT2D eigenvalue weighted by Crippen LogP contribution is -2.15. The Kier molecular flexibility index (Phi) is 4.68. The molecule has 0 bridgehead atoms. The van der Waals surface area contributed by atoms with Gasteiger partial charge >= 0.3 is 0 Å². The summed E-state index contributed by atoms with van der Waals surface area (Å²) in [4.78, 5) is 4.61. The number of benzene rings is 1. The number of hydrogen-bond donors (Lipinski definition) is 1. The number of allylic oxidation sites excluding steroid dienone is 1. The molecule has 3 nitrogen and oxygen atoms in total. The molecule has 1 fully saturated rings. The van der Waals surface area contributed by atoms with Gasteiger partial charge in [-0.25, -0.2) is 4.98 Å². The Balaban J connectivity index is 1.55. The Morgan fingerprint density at radius 1 is 1.38 bits per heavy atom. The van der Waals surface area contributed by atoms with Crippen molar-refractivity contribution in [1.82, 2.24) is 10.3 Å². The molecule has 110 valence electrons. The third-order valence-electron chi connectivity index (χ3n) is 3.43. The van der Waals surface area contributed by atoms with Crippen molar-refractivity contribution in [3.05, 3.63) is 58.6 Å². The van der Waals surface area contributed by atoms with Crippen molar-refractivity contribution in [2.24, 2.45) is 0 Å². The number of hydrogen-bond acceptors (Lipinski definition) is 4. The number of aromatic nitrogens is 1. The summed E-state index contributed by atoms with van der Waals surface area (Å²) in [5.74, 6) is 0.919. The Bertz CT molecular complexity index is 604. The first-order valence-electron chi connectivity index (χ1n) is 7.33. The van der Waals surface area contributed by atoms with Crippen LogP contribution in [-0.2, 0) is 19.6 Å². The van der Waals surface area contributed by atoms with Crippen LogP contribution in [0, 0.1) is 0 Å². The largest absolute Gasteiger partial charge is 0.487 e. The van der Waals surface area contributed by atoms with E-state index < -0.39 is 0 Å². The number of thiazole rings is 1. The standard InChI is InChI=1S/C17H20N2OS/c1-2-5-13-6-3-4-7-16(13)20-11-15-12-21-17(19-15)10-18-14-8-9-14/h2-4,6-7,12,14,18H,1,5,8-11H2. The van der Waals surface area contributed by atoms with E-state index in [0.29, 0.717) is 6.61 Å². The van der Waals surface area contributed by atoms with Crippen molar-refractivity contribution in [2.45, 2.75) is 38.5 Å². The Morgan fingerprint density at radius 2 is 2.24 bits per heavy atom. The normalized spacial score (nSPS) is 14.1. The molecule has 0 unspecified atom stereocenters. The van der Waals surface area contributed by atoms with Gasteiger partial charge in [0.05, 0.1) is 5.69 Å². The summed E-state index contributed by atoms with van der Waals surface area (Å²) < 4.78 is 5.90. The van der Waals surface area contributed by atoms with E-state index in [4.69, 9.17) is 4.74 Å². The number of nitrogens with one attached hydrogen (secondary N) is 1. The second-order valence-corrected chi connectivity index (χ2v) is 6.22. The molecule has 1 heterocycles. The monoisotopic (exact) mass is 300 g/mol. The average molecular weight is 300 g/mol. The fraction of sp³-hybridized carbons (Fsp3) is 0.353. The number of rotatable bonds is 8. The molecule has 1 aromatic heterocycles. The van der Waals surface area contributed by atoms with Gasteiger partial charge < -0.3 is 10.1 Å². The van der Waals surface area contributed by atoms with Gasteiger partial charge in [0.15, 0.2) is 0 Å². The SMILES string of the molecule is C=CCc1ccccc1OCc1csc(CNC2CC2)n1. The maximum atomic E-state index is 5.90. The lowest BCUT2D eigenvalue weighted by atomic mass is 10.1. The number of nitrogens with zero attached hydrogens (tertiary/aromatic N) is 1. The third kappa shape index (κ3) is 4.16. The highest BCUT2D eigenvalue weighted by Crippen LogP contribution is 2.22. The molecule has 4 heteroatoms. The maximum Gasteiger partial charge on any atom is 0.131 e. The lowest BCUT2D eigenvalue weighted by Gasteiger charge is -2.08. The minimum atomic E-state index is 0.522. The first-order valence-corrected chi connectivity index (χ1v) is 8.21. The van der Waals surface area contributed by atoms with Gasteiger partial charge in [-0.15, -0.1) is 17.9 Å². The van der Waals surface area contributed by atoms with E-state index in [2.05, 4.69) is 28.3 Å². The maximum absolute atomic E-state index is 5.90. The molecule has 21 heavy (non-hydrogen) atoms. The summed E-state index contributed by atoms with van der Waals surface area (Å²) in [6.07, 6.45) is 5.33. The molecule has 0 spiro atoms. The molecular weight excluding hydrogens is 280 g/mol. The zero-order chi connectivity index (χ0) is 14.5. The van der Waals surface area contributed by atoms with E-state index in [1.807, 2.05) is 24.3 Å². The fourth-order valence-corrected chi connectivity index (χ4v) is 2.87. The van der Waals surface area contributed by atoms with Crippen LogP contribution in [0.2, 0.25) is 0 Å².